The highest BCUT2D eigenvalue weighted by Crippen LogP contribution is 2.23. The predicted octanol–water partition coefficient (Wildman–Crippen LogP) is 2.32. The Bertz CT molecular complexity index is 511. The van der Waals surface area contributed by atoms with Crippen molar-refractivity contribution in [3.05, 3.63) is 36.0 Å². The number of nitrogens with zero attached hydrogens (tertiary/aromatic N) is 1. The van der Waals surface area contributed by atoms with E-state index in [0.717, 1.165) is 10.9 Å². The number of amides is 1. The first-order chi connectivity index (χ1) is 7.11. The first-order valence-electron chi connectivity index (χ1n) is 5.00. The van der Waals surface area contributed by atoms with Gasteiger partial charge in [-0.05, 0) is 26.0 Å². The van der Waals surface area contributed by atoms with Gasteiger partial charge in [0.2, 0.25) is 0 Å². The largest absolute Gasteiger partial charge is 0.366 e. The molecule has 1 aromatic heterocycles. The van der Waals surface area contributed by atoms with Crippen LogP contribution in [0.25, 0.3) is 10.9 Å². The van der Waals surface area contributed by atoms with Gasteiger partial charge in [-0.2, -0.15) is 0 Å². The van der Waals surface area contributed by atoms with Gasteiger partial charge in [-0.1, -0.05) is 12.1 Å². The third-order valence-corrected chi connectivity index (χ3v) is 2.56. The van der Waals surface area contributed by atoms with Crippen LogP contribution in [0.15, 0.2) is 30.5 Å². The molecule has 0 fully saturated rings. The van der Waals surface area contributed by atoms with Crippen LogP contribution in [0.3, 0.4) is 0 Å². The third-order valence-electron chi connectivity index (χ3n) is 2.56. The lowest BCUT2D eigenvalue weighted by atomic mass is 10.1. The van der Waals surface area contributed by atoms with E-state index in [2.05, 4.69) is 18.4 Å². The summed E-state index contributed by atoms with van der Waals surface area (Å²) in [4.78, 5) is 11.3. The van der Waals surface area contributed by atoms with Crippen molar-refractivity contribution < 1.29 is 4.79 Å². The Morgan fingerprint density at radius 1 is 1.33 bits per heavy atom. The Labute approximate surface area is 88.5 Å². The molecule has 0 aliphatic carbocycles. The van der Waals surface area contributed by atoms with Crippen LogP contribution in [-0.4, -0.2) is 10.5 Å². The van der Waals surface area contributed by atoms with Gasteiger partial charge in [-0.3, -0.25) is 4.79 Å². The second kappa shape index (κ2) is 3.42. The van der Waals surface area contributed by atoms with E-state index < -0.39 is 0 Å². The maximum absolute atomic E-state index is 11.3. The van der Waals surface area contributed by atoms with E-state index in [1.807, 2.05) is 24.4 Å². The minimum absolute atomic E-state index is 0.322. The number of rotatable bonds is 2. The van der Waals surface area contributed by atoms with Crippen LogP contribution in [0.5, 0.6) is 0 Å². The second-order valence-corrected chi connectivity index (χ2v) is 3.92. The van der Waals surface area contributed by atoms with Gasteiger partial charge in [-0.15, -0.1) is 0 Å². The fraction of sp³-hybridized carbons (Fsp3) is 0.250. The summed E-state index contributed by atoms with van der Waals surface area (Å²) in [5.74, 6) is -0.374. The third kappa shape index (κ3) is 1.50. The molecular formula is C12H14N2O. The topological polar surface area (TPSA) is 48.0 Å². The lowest BCUT2D eigenvalue weighted by Crippen LogP contribution is -2.13. The maximum Gasteiger partial charge on any atom is 0.250 e. The molecule has 0 saturated heterocycles. The average molecular weight is 202 g/mol. The number of carbonyl (C=O) groups excluding carboxylic acids is 1. The predicted molar refractivity (Wildman–Crippen MR) is 60.8 cm³/mol. The molecule has 0 bridgehead atoms. The van der Waals surface area contributed by atoms with Crippen molar-refractivity contribution >= 4 is 16.8 Å². The zero-order valence-electron chi connectivity index (χ0n) is 8.90. The van der Waals surface area contributed by atoms with E-state index in [4.69, 9.17) is 5.73 Å². The smallest absolute Gasteiger partial charge is 0.250 e. The summed E-state index contributed by atoms with van der Waals surface area (Å²) in [7, 11) is 0. The Kier molecular flexibility index (Phi) is 2.23. The summed E-state index contributed by atoms with van der Waals surface area (Å²) in [6.07, 6.45) is 1.99. The Morgan fingerprint density at radius 3 is 2.67 bits per heavy atom. The van der Waals surface area contributed by atoms with Crippen LogP contribution in [0, 0.1) is 0 Å². The Hall–Kier alpha value is -1.77. The number of fused-ring (bicyclic) bond motifs is 1. The molecule has 1 heterocycles. The Morgan fingerprint density at radius 2 is 2.07 bits per heavy atom. The highest BCUT2D eigenvalue weighted by molar-refractivity contribution is 6.05. The minimum atomic E-state index is -0.374. The van der Waals surface area contributed by atoms with Crippen LogP contribution in [0.2, 0.25) is 0 Å². The van der Waals surface area contributed by atoms with Gasteiger partial charge in [-0.25, -0.2) is 0 Å². The molecular weight excluding hydrogens is 188 g/mol. The molecule has 2 rings (SSSR count). The molecule has 0 aliphatic heterocycles. The summed E-state index contributed by atoms with van der Waals surface area (Å²) < 4.78 is 2.06. The number of hydrogen-bond acceptors (Lipinski definition) is 1. The van der Waals surface area contributed by atoms with E-state index >= 15 is 0 Å². The standard InChI is InChI=1S/C12H14N2O/c1-8(2)14-7-6-9-4-3-5-10(11(9)14)12(13)15/h3-8H,1-2H3,(H2,13,15). The molecule has 78 valence electrons. The van der Waals surface area contributed by atoms with E-state index in [1.54, 1.807) is 6.07 Å². The van der Waals surface area contributed by atoms with E-state index in [-0.39, 0.29) is 5.91 Å². The molecule has 0 spiro atoms. The van der Waals surface area contributed by atoms with E-state index in [9.17, 15) is 4.79 Å². The van der Waals surface area contributed by atoms with Gasteiger partial charge < -0.3 is 10.3 Å². The van der Waals surface area contributed by atoms with Crippen molar-refractivity contribution in [2.45, 2.75) is 19.9 Å². The van der Waals surface area contributed by atoms with Crippen LogP contribution in [0.4, 0.5) is 0 Å². The number of aromatic nitrogens is 1. The molecule has 0 unspecified atom stereocenters. The van der Waals surface area contributed by atoms with E-state index in [1.165, 1.54) is 0 Å². The number of carbonyl (C=O) groups is 1. The lowest BCUT2D eigenvalue weighted by Gasteiger charge is -2.11. The molecule has 2 aromatic rings. The zero-order chi connectivity index (χ0) is 11.0. The normalized spacial score (nSPS) is 11.1. The molecule has 1 aromatic carbocycles. The van der Waals surface area contributed by atoms with Crippen LogP contribution in [-0.2, 0) is 0 Å². The second-order valence-electron chi connectivity index (χ2n) is 3.92. The first-order valence-corrected chi connectivity index (χ1v) is 5.00. The number of para-hydroxylation sites is 1. The van der Waals surface area contributed by atoms with Gasteiger partial charge in [0, 0.05) is 17.6 Å². The van der Waals surface area contributed by atoms with Crippen LogP contribution in [0.1, 0.15) is 30.2 Å². The molecule has 0 radical (unpaired) electrons. The lowest BCUT2D eigenvalue weighted by molar-refractivity contribution is 0.100. The van der Waals surface area contributed by atoms with Crippen molar-refractivity contribution in [2.75, 3.05) is 0 Å². The number of benzene rings is 1. The van der Waals surface area contributed by atoms with E-state index in [0.29, 0.717) is 11.6 Å². The summed E-state index contributed by atoms with van der Waals surface area (Å²) >= 11 is 0. The molecule has 3 heteroatoms. The molecule has 15 heavy (non-hydrogen) atoms. The summed E-state index contributed by atoms with van der Waals surface area (Å²) in [6, 6.07) is 7.93. The minimum Gasteiger partial charge on any atom is -0.366 e. The van der Waals surface area contributed by atoms with Crippen LogP contribution >= 0.6 is 0 Å². The first kappa shape index (κ1) is 9.77. The summed E-state index contributed by atoms with van der Waals surface area (Å²) in [5.41, 5.74) is 6.88. The number of nitrogens with two attached hydrogens (primary N) is 1. The Balaban J connectivity index is 2.80. The van der Waals surface area contributed by atoms with Crippen molar-refractivity contribution in [3.63, 3.8) is 0 Å². The SMILES string of the molecule is CC(C)n1ccc2cccc(C(N)=O)c21. The van der Waals surface area contributed by atoms with Crippen LogP contribution < -0.4 is 5.73 Å². The maximum atomic E-state index is 11.3. The van der Waals surface area contributed by atoms with Crippen molar-refractivity contribution in [1.82, 2.24) is 4.57 Å². The zero-order valence-corrected chi connectivity index (χ0v) is 8.90. The highest BCUT2D eigenvalue weighted by atomic mass is 16.1. The molecule has 3 nitrogen and oxygen atoms in total. The molecule has 0 atom stereocenters. The fourth-order valence-corrected chi connectivity index (χ4v) is 1.85. The molecule has 1 amide bonds. The monoisotopic (exact) mass is 202 g/mol. The quantitative estimate of drug-likeness (QED) is 0.798. The number of primary amides is 1. The van der Waals surface area contributed by atoms with Gasteiger partial charge >= 0.3 is 0 Å². The number of hydrogen-bond donors (Lipinski definition) is 1. The van der Waals surface area contributed by atoms with Gasteiger partial charge in [0.15, 0.2) is 0 Å². The van der Waals surface area contributed by atoms with Crippen molar-refractivity contribution in [3.8, 4) is 0 Å². The van der Waals surface area contributed by atoms with Gasteiger partial charge in [0.1, 0.15) is 0 Å². The average Bonchev–Trinajstić information content (AvgIpc) is 2.60. The fourth-order valence-electron chi connectivity index (χ4n) is 1.85. The highest BCUT2D eigenvalue weighted by Gasteiger charge is 2.11. The molecule has 2 N–H and O–H groups in total. The summed E-state index contributed by atoms with van der Waals surface area (Å²) in [6.45, 7) is 4.16. The molecule has 0 aliphatic rings. The summed E-state index contributed by atoms with van der Waals surface area (Å²) in [5, 5.41) is 1.06. The van der Waals surface area contributed by atoms with Gasteiger partial charge in [0.25, 0.3) is 5.91 Å². The van der Waals surface area contributed by atoms with Crippen molar-refractivity contribution in [2.24, 2.45) is 5.73 Å². The van der Waals surface area contributed by atoms with Crippen molar-refractivity contribution in [1.29, 1.82) is 0 Å². The molecule has 0 saturated carbocycles. The van der Waals surface area contributed by atoms with Gasteiger partial charge in [0.05, 0.1) is 11.1 Å².